The molecule has 174 valence electrons. The van der Waals surface area contributed by atoms with Crippen LogP contribution in [0.5, 0.6) is 5.75 Å². The fraction of sp³-hybridized carbons (Fsp3) is 0.375. The van der Waals surface area contributed by atoms with Gasteiger partial charge >= 0.3 is 6.03 Å². The summed E-state index contributed by atoms with van der Waals surface area (Å²) in [6.45, 7) is 7.20. The van der Waals surface area contributed by atoms with Crippen LogP contribution in [-0.4, -0.2) is 66.7 Å². The number of aryl methyl sites for hydroxylation is 1. The number of benzene rings is 2. The lowest BCUT2D eigenvalue weighted by Crippen LogP contribution is -2.48. The zero-order valence-electron chi connectivity index (χ0n) is 19.1. The van der Waals surface area contributed by atoms with E-state index in [-0.39, 0.29) is 6.03 Å². The van der Waals surface area contributed by atoms with Crippen LogP contribution in [0.15, 0.2) is 48.5 Å². The second-order valence-electron chi connectivity index (χ2n) is 8.10. The van der Waals surface area contributed by atoms with Crippen molar-refractivity contribution in [1.82, 2.24) is 19.6 Å². The Bertz CT molecular complexity index is 1050. The quantitative estimate of drug-likeness (QED) is 0.530. The SMILES string of the molecule is COc1cccc(NC(=O)NCCN2CCN(c3nc(Cc4ccc(C)cc4)ns3)CC2)c1. The number of carbonyl (C=O) groups excluding carboxylic acids is 1. The maximum atomic E-state index is 12.1. The van der Waals surface area contributed by atoms with Crippen LogP contribution in [0, 0.1) is 6.92 Å². The van der Waals surface area contributed by atoms with Crippen molar-refractivity contribution in [2.45, 2.75) is 13.3 Å². The minimum absolute atomic E-state index is 0.211. The van der Waals surface area contributed by atoms with Crippen molar-refractivity contribution in [1.29, 1.82) is 0 Å². The smallest absolute Gasteiger partial charge is 0.319 e. The van der Waals surface area contributed by atoms with Gasteiger partial charge in [-0.25, -0.2) is 9.78 Å². The third kappa shape index (κ3) is 6.66. The molecule has 2 aromatic carbocycles. The molecule has 1 fully saturated rings. The first kappa shape index (κ1) is 23.0. The van der Waals surface area contributed by atoms with Crippen LogP contribution < -0.4 is 20.3 Å². The van der Waals surface area contributed by atoms with Gasteiger partial charge in [0.2, 0.25) is 5.13 Å². The van der Waals surface area contributed by atoms with Gasteiger partial charge < -0.3 is 20.3 Å². The number of rotatable bonds is 8. The minimum atomic E-state index is -0.211. The average Bonchev–Trinajstić information content (AvgIpc) is 3.29. The Hall–Kier alpha value is -3.17. The second-order valence-corrected chi connectivity index (χ2v) is 8.83. The Kier molecular flexibility index (Phi) is 7.74. The van der Waals surface area contributed by atoms with E-state index in [1.807, 2.05) is 18.2 Å². The molecule has 0 spiro atoms. The Balaban J connectivity index is 1.17. The molecule has 9 heteroatoms. The van der Waals surface area contributed by atoms with E-state index in [9.17, 15) is 4.79 Å². The molecule has 2 heterocycles. The monoisotopic (exact) mass is 466 g/mol. The van der Waals surface area contributed by atoms with E-state index in [0.29, 0.717) is 18.0 Å². The molecular weight excluding hydrogens is 436 g/mol. The third-order valence-electron chi connectivity index (χ3n) is 5.62. The van der Waals surface area contributed by atoms with Gasteiger partial charge in [-0.1, -0.05) is 35.9 Å². The molecule has 2 N–H and O–H groups in total. The first-order valence-corrected chi connectivity index (χ1v) is 11.9. The van der Waals surface area contributed by atoms with Crippen molar-refractivity contribution >= 4 is 28.4 Å². The molecule has 0 radical (unpaired) electrons. The van der Waals surface area contributed by atoms with Gasteiger partial charge in [0.25, 0.3) is 0 Å². The summed E-state index contributed by atoms with van der Waals surface area (Å²) in [6, 6.07) is 15.6. The van der Waals surface area contributed by atoms with Crippen molar-refractivity contribution in [3.05, 3.63) is 65.5 Å². The number of anilines is 2. The average molecular weight is 467 g/mol. The number of hydrogen-bond donors (Lipinski definition) is 2. The Labute approximate surface area is 198 Å². The summed E-state index contributed by atoms with van der Waals surface area (Å²) in [7, 11) is 1.61. The van der Waals surface area contributed by atoms with Gasteiger partial charge in [0, 0.05) is 69.0 Å². The molecule has 1 aromatic heterocycles. The van der Waals surface area contributed by atoms with Crippen molar-refractivity contribution in [2.24, 2.45) is 0 Å². The normalized spacial score (nSPS) is 14.2. The van der Waals surface area contributed by atoms with E-state index >= 15 is 0 Å². The van der Waals surface area contributed by atoms with Crippen LogP contribution in [0.4, 0.5) is 15.6 Å². The molecule has 33 heavy (non-hydrogen) atoms. The van der Waals surface area contributed by atoms with E-state index in [1.165, 1.54) is 22.7 Å². The summed E-state index contributed by atoms with van der Waals surface area (Å²) >= 11 is 1.48. The molecule has 0 unspecified atom stereocenters. The van der Waals surface area contributed by atoms with Crippen LogP contribution >= 0.6 is 11.5 Å². The number of ether oxygens (including phenoxy) is 1. The molecule has 4 rings (SSSR count). The minimum Gasteiger partial charge on any atom is -0.497 e. The molecule has 3 aromatic rings. The largest absolute Gasteiger partial charge is 0.497 e. The first-order chi connectivity index (χ1) is 16.1. The summed E-state index contributed by atoms with van der Waals surface area (Å²) in [6.07, 6.45) is 0.764. The number of aromatic nitrogens is 2. The highest BCUT2D eigenvalue weighted by molar-refractivity contribution is 7.09. The topological polar surface area (TPSA) is 82.6 Å². The lowest BCUT2D eigenvalue weighted by molar-refractivity contribution is 0.240. The molecule has 0 atom stereocenters. The molecule has 1 saturated heterocycles. The molecule has 0 aliphatic carbocycles. The number of hydrogen-bond acceptors (Lipinski definition) is 7. The number of methoxy groups -OCH3 is 1. The van der Waals surface area contributed by atoms with Crippen LogP contribution in [0.1, 0.15) is 17.0 Å². The molecule has 0 saturated carbocycles. The van der Waals surface area contributed by atoms with Crippen molar-refractivity contribution < 1.29 is 9.53 Å². The fourth-order valence-electron chi connectivity index (χ4n) is 3.70. The van der Waals surface area contributed by atoms with Crippen molar-refractivity contribution in [3.63, 3.8) is 0 Å². The maximum absolute atomic E-state index is 12.1. The number of nitrogens with one attached hydrogen (secondary N) is 2. The number of piperazine rings is 1. The lowest BCUT2D eigenvalue weighted by Gasteiger charge is -2.34. The van der Waals surface area contributed by atoms with Gasteiger partial charge in [-0.05, 0) is 24.6 Å². The van der Waals surface area contributed by atoms with E-state index in [4.69, 9.17) is 9.72 Å². The van der Waals surface area contributed by atoms with Crippen LogP contribution in [0.2, 0.25) is 0 Å². The van der Waals surface area contributed by atoms with Gasteiger partial charge in [-0.15, -0.1) is 0 Å². The van der Waals surface area contributed by atoms with Crippen LogP contribution in [0.3, 0.4) is 0 Å². The predicted octanol–water partition coefficient (Wildman–Crippen LogP) is 3.39. The van der Waals surface area contributed by atoms with Crippen molar-refractivity contribution in [2.75, 3.05) is 56.6 Å². The second kappa shape index (κ2) is 11.1. The standard InChI is InChI=1S/C24H30N6O2S/c1-18-6-8-19(9-7-18)16-22-27-24(33-28-22)30-14-12-29(13-15-30)11-10-25-23(31)26-20-4-3-5-21(17-20)32-2/h3-9,17H,10-16H2,1-2H3,(H2,25,26,31). The highest BCUT2D eigenvalue weighted by Crippen LogP contribution is 2.21. The van der Waals surface area contributed by atoms with Crippen LogP contribution in [0.25, 0.3) is 0 Å². The zero-order valence-corrected chi connectivity index (χ0v) is 19.9. The zero-order chi connectivity index (χ0) is 23.0. The van der Waals surface area contributed by atoms with Gasteiger partial charge in [-0.3, -0.25) is 4.90 Å². The van der Waals surface area contributed by atoms with Gasteiger partial charge in [0.05, 0.1) is 7.11 Å². The first-order valence-electron chi connectivity index (χ1n) is 11.1. The number of urea groups is 1. The molecule has 1 aliphatic rings. The molecular formula is C24H30N6O2S. The predicted molar refractivity (Wildman–Crippen MR) is 133 cm³/mol. The number of carbonyl (C=O) groups is 1. The third-order valence-corrected chi connectivity index (χ3v) is 6.44. The van der Waals surface area contributed by atoms with Gasteiger partial charge in [0.1, 0.15) is 11.6 Å². The Morgan fingerprint density at radius 2 is 1.91 bits per heavy atom. The summed E-state index contributed by atoms with van der Waals surface area (Å²) in [5.41, 5.74) is 3.20. The molecule has 0 bridgehead atoms. The molecule has 1 aliphatic heterocycles. The molecule has 2 amide bonds. The number of nitrogens with zero attached hydrogens (tertiary/aromatic N) is 4. The highest BCUT2D eigenvalue weighted by Gasteiger charge is 2.20. The van der Waals surface area contributed by atoms with E-state index < -0.39 is 0 Å². The number of amides is 2. The van der Waals surface area contributed by atoms with Crippen molar-refractivity contribution in [3.8, 4) is 5.75 Å². The molecule has 8 nitrogen and oxygen atoms in total. The summed E-state index contributed by atoms with van der Waals surface area (Å²) in [5, 5.41) is 6.75. The lowest BCUT2D eigenvalue weighted by atomic mass is 10.1. The maximum Gasteiger partial charge on any atom is 0.319 e. The highest BCUT2D eigenvalue weighted by atomic mass is 32.1. The Morgan fingerprint density at radius 1 is 1.12 bits per heavy atom. The van der Waals surface area contributed by atoms with E-state index in [0.717, 1.165) is 50.1 Å². The van der Waals surface area contributed by atoms with Gasteiger partial charge in [-0.2, -0.15) is 4.37 Å². The van der Waals surface area contributed by atoms with E-state index in [2.05, 4.69) is 56.0 Å². The summed E-state index contributed by atoms with van der Waals surface area (Å²) in [5.74, 6) is 1.59. The summed E-state index contributed by atoms with van der Waals surface area (Å²) < 4.78 is 9.73. The van der Waals surface area contributed by atoms with Gasteiger partial charge in [0.15, 0.2) is 0 Å². The summed E-state index contributed by atoms with van der Waals surface area (Å²) in [4.78, 5) is 21.6. The fourth-order valence-corrected chi connectivity index (χ4v) is 4.44. The Morgan fingerprint density at radius 3 is 2.67 bits per heavy atom. The van der Waals surface area contributed by atoms with E-state index in [1.54, 1.807) is 13.2 Å². The van der Waals surface area contributed by atoms with Crippen LogP contribution in [-0.2, 0) is 6.42 Å².